The molecule has 1 aliphatic heterocycles. The van der Waals surface area contributed by atoms with Crippen LogP contribution in [-0.2, 0) is 4.79 Å². The molecule has 2 atom stereocenters. The van der Waals surface area contributed by atoms with Gasteiger partial charge in [0.2, 0.25) is 5.91 Å². The van der Waals surface area contributed by atoms with Gasteiger partial charge in [-0.05, 0) is 47.4 Å². The number of nitrogens with one attached hydrogen (secondary N) is 1. The minimum Gasteiger partial charge on any atom is -0.348 e. The molecule has 1 aliphatic rings. The fourth-order valence-electron chi connectivity index (χ4n) is 2.48. The van der Waals surface area contributed by atoms with E-state index in [0.29, 0.717) is 0 Å². The molecule has 1 aromatic heterocycles. The molecule has 0 bridgehead atoms. The third-order valence-corrected chi connectivity index (χ3v) is 5.87. The molecular formula is C17H17NOS2. The van der Waals surface area contributed by atoms with Crippen molar-refractivity contribution in [1.82, 2.24) is 5.32 Å². The number of carbonyl (C=O) groups is 1. The van der Waals surface area contributed by atoms with Gasteiger partial charge in [0, 0.05) is 4.90 Å². The number of benzene rings is 1. The minimum atomic E-state index is -0.194. The standard InChI is InChI=1S/C17H17NOS2/c1-11-5-3-4-6-15(11)21-16-12(2)9-14(18-17(16)19)13-7-8-20-10-13/h3-8,10,14,16H,2,9H2,1H3,(H,18,19). The predicted molar refractivity (Wildman–Crippen MR) is 89.8 cm³/mol. The number of thioether (sulfide) groups is 1. The summed E-state index contributed by atoms with van der Waals surface area (Å²) in [4.78, 5) is 13.6. The third kappa shape index (κ3) is 3.06. The number of hydrogen-bond donors (Lipinski definition) is 1. The maximum atomic E-state index is 12.4. The molecule has 1 amide bonds. The highest BCUT2D eigenvalue weighted by atomic mass is 32.2. The molecule has 3 rings (SSSR count). The summed E-state index contributed by atoms with van der Waals surface area (Å²) in [6.45, 7) is 6.22. The Morgan fingerprint density at radius 2 is 2.14 bits per heavy atom. The maximum Gasteiger partial charge on any atom is 0.238 e. The van der Waals surface area contributed by atoms with Crippen LogP contribution in [0.5, 0.6) is 0 Å². The number of amides is 1. The number of carbonyl (C=O) groups excluding carboxylic acids is 1. The maximum absolute atomic E-state index is 12.4. The molecule has 0 aliphatic carbocycles. The second-order valence-corrected chi connectivity index (χ2v) is 7.17. The molecule has 1 fully saturated rings. The van der Waals surface area contributed by atoms with Gasteiger partial charge >= 0.3 is 0 Å². The van der Waals surface area contributed by atoms with Gasteiger partial charge in [-0.2, -0.15) is 11.3 Å². The molecule has 2 unspecified atom stereocenters. The molecule has 1 saturated heterocycles. The lowest BCUT2D eigenvalue weighted by atomic mass is 9.95. The first-order chi connectivity index (χ1) is 10.1. The summed E-state index contributed by atoms with van der Waals surface area (Å²) in [7, 11) is 0. The van der Waals surface area contributed by atoms with E-state index < -0.39 is 0 Å². The number of thiophene rings is 1. The van der Waals surface area contributed by atoms with Gasteiger partial charge < -0.3 is 5.32 Å². The van der Waals surface area contributed by atoms with Crippen LogP contribution in [0.1, 0.15) is 23.6 Å². The monoisotopic (exact) mass is 315 g/mol. The number of hydrogen-bond acceptors (Lipinski definition) is 3. The first kappa shape index (κ1) is 14.4. The largest absolute Gasteiger partial charge is 0.348 e. The Balaban J connectivity index is 1.75. The van der Waals surface area contributed by atoms with Crippen LogP contribution in [0.3, 0.4) is 0 Å². The van der Waals surface area contributed by atoms with Crippen LogP contribution in [0, 0.1) is 6.92 Å². The van der Waals surface area contributed by atoms with Crippen molar-refractivity contribution in [2.75, 3.05) is 0 Å². The van der Waals surface area contributed by atoms with Crippen molar-refractivity contribution in [3.8, 4) is 0 Å². The zero-order valence-corrected chi connectivity index (χ0v) is 13.5. The van der Waals surface area contributed by atoms with Gasteiger partial charge in [-0.15, -0.1) is 11.8 Å². The third-order valence-electron chi connectivity index (χ3n) is 3.68. The minimum absolute atomic E-state index is 0.0655. The lowest BCUT2D eigenvalue weighted by molar-refractivity contribution is -0.121. The van der Waals surface area contributed by atoms with Crippen LogP contribution in [-0.4, -0.2) is 11.2 Å². The SMILES string of the molecule is C=C1CC(c2ccsc2)NC(=O)C1Sc1ccccc1C. The number of piperidine rings is 1. The van der Waals surface area contributed by atoms with Gasteiger partial charge in [-0.1, -0.05) is 30.4 Å². The van der Waals surface area contributed by atoms with Gasteiger partial charge in [-0.3, -0.25) is 4.79 Å². The molecule has 21 heavy (non-hydrogen) atoms. The lowest BCUT2D eigenvalue weighted by Gasteiger charge is -2.30. The van der Waals surface area contributed by atoms with Crippen molar-refractivity contribution in [1.29, 1.82) is 0 Å². The molecule has 0 saturated carbocycles. The second-order valence-electron chi connectivity index (χ2n) is 5.24. The Morgan fingerprint density at radius 1 is 1.33 bits per heavy atom. The summed E-state index contributed by atoms with van der Waals surface area (Å²) in [6, 6.07) is 10.3. The predicted octanol–water partition coefficient (Wildman–Crippen LogP) is 4.33. The van der Waals surface area contributed by atoms with E-state index in [2.05, 4.69) is 42.4 Å². The van der Waals surface area contributed by atoms with Crippen molar-refractivity contribution in [3.05, 3.63) is 64.4 Å². The molecular weight excluding hydrogens is 298 g/mol. The van der Waals surface area contributed by atoms with Crippen LogP contribution >= 0.6 is 23.1 Å². The molecule has 2 heterocycles. The van der Waals surface area contributed by atoms with Crippen LogP contribution in [0.25, 0.3) is 0 Å². The van der Waals surface area contributed by atoms with E-state index in [9.17, 15) is 4.79 Å². The molecule has 1 N–H and O–H groups in total. The summed E-state index contributed by atoms with van der Waals surface area (Å²) < 4.78 is 0. The summed E-state index contributed by atoms with van der Waals surface area (Å²) in [5.74, 6) is 0.0655. The highest BCUT2D eigenvalue weighted by Crippen LogP contribution is 2.37. The van der Waals surface area contributed by atoms with Gasteiger partial charge in [0.1, 0.15) is 5.25 Å². The van der Waals surface area contributed by atoms with E-state index in [4.69, 9.17) is 0 Å². The Labute approximate surface area is 133 Å². The zero-order valence-electron chi connectivity index (χ0n) is 11.8. The van der Waals surface area contributed by atoms with Crippen LogP contribution in [0.2, 0.25) is 0 Å². The first-order valence-corrected chi connectivity index (χ1v) is 8.70. The van der Waals surface area contributed by atoms with Gasteiger partial charge in [0.05, 0.1) is 6.04 Å². The summed E-state index contributed by atoms with van der Waals surface area (Å²) in [5, 5.41) is 7.06. The lowest BCUT2D eigenvalue weighted by Crippen LogP contribution is -2.41. The highest BCUT2D eigenvalue weighted by Gasteiger charge is 2.32. The van der Waals surface area contributed by atoms with Crippen molar-refractivity contribution in [2.24, 2.45) is 0 Å². The smallest absolute Gasteiger partial charge is 0.238 e. The van der Waals surface area contributed by atoms with Gasteiger partial charge in [0.25, 0.3) is 0 Å². The highest BCUT2D eigenvalue weighted by molar-refractivity contribution is 8.00. The fourth-order valence-corrected chi connectivity index (χ4v) is 4.30. The van der Waals surface area contributed by atoms with Crippen molar-refractivity contribution < 1.29 is 4.79 Å². The molecule has 4 heteroatoms. The number of aryl methyl sites for hydroxylation is 1. The second kappa shape index (κ2) is 6.08. The van der Waals surface area contributed by atoms with Crippen LogP contribution < -0.4 is 5.32 Å². The molecule has 0 radical (unpaired) electrons. The summed E-state index contributed by atoms with van der Waals surface area (Å²) >= 11 is 3.25. The Morgan fingerprint density at radius 3 is 2.81 bits per heavy atom. The van der Waals surface area contributed by atoms with E-state index in [-0.39, 0.29) is 17.2 Å². The van der Waals surface area contributed by atoms with Crippen LogP contribution in [0.4, 0.5) is 0 Å². The Kier molecular flexibility index (Phi) is 4.17. The molecule has 0 spiro atoms. The normalized spacial score (nSPS) is 22.1. The van der Waals surface area contributed by atoms with Crippen molar-refractivity contribution in [2.45, 2.75) is 29.5 Å². The zero-order chi connectivity index (χ0) is 14.8. The first-order valence-electron chi connectivity index (χ1n) is 6.87. The molecule has 2 aromatic rings. The Hall–Kier alpha value is -1.52. The summed E-state index contributed by atoms with van der Waals surface area (Å²) in [5.41, 5.74) is 3.38. The average Bonchev–Trinajstić information content (AvgIpc) is 2.98. The fraction of sp³-hybridized carbons (Fsp3) is 0.235. The molecule has 1 aromatic carbocycles. The molecule has 2 nitrogen and oxygen atoms in total. The Bertz CT molecular complexity index is 645. The van der Waals surface area contributed by atoms with Gasteiger partial charge in [-0.25, -0.2) is 0 Å². The quantitative estimate of drug-likeness (QED) is 0.854. The van der Waals surface area contributed by atoms with Crippen molar-refractivity contribution in [3.63, 3.8) is 0 Å². The van der Waals surface area contributed by atoms with E-state index in [1.807, 2.05) is 17.5 Å². The number of rotatable bonds is 3. The average molecular weight is 315 g/mol. The van der Waals surface area contributed by atoms with E-state index >= 15 is 0 Å². The van der Waals surface area contributed by atoms with Gasteiger partial charge in [0.15, 0.2) is 0 Å². The van der Waals surface area contributed by atoms with E-state index in [1.165, 1.54) is 11.1 Å². The topological polar surface area (TPSA) is 29.1 Å². The molecule has 108 valence electrons. The van der Waals surface area contributed by atoms with Crippen LogP contribution in [0.15, 0.2) is 58.1 Å². The summed E-state index contributed by atoms with van der Waals surface area (Å²) in [6.07, 6.45) is 0.812. The van der Waals surface area contributed by atoms with Crippen molar-refractivity contribution >= 4 is 29.0 Å². The van der Waals surface area contributed by atoms with E-state index in [0.717, 1.165) is 16.9 Å². The van der Waals surface area contributed by atoms with E-state index in [1.54, 1.807) is 23.1 Å².